The Morgan fingerprint density at radius 2 is 0.824 bits per heavy atom. The summed E-state index contributed by atoms with van der Waals surface area (Å²) in [4.78, 5) is 0. The van der Waals surface area contributed by atoms with E-state index < -0.39 is 0 Å². The highest BCUT2D eigenvalue weighted by molar-refractivity contribution is 4.65. The maximum atomic E-state index is 2.44. The summed E-state index contributed by atoms with van der Waals surface area (Å²) in [5, 5.41) is 0. The first kappa shape index (κ1) is 17.0. The Kier molecular flexibility index (Phi) is 9.97. The van der Waals surface area contributed by atoms with Gasteiger partial charge in [0.1, 0.15) is 0 Å². The zero-order valence-corrected chi connectivity index (χ0v) is 13.3. The first-order valence-corrected chi connectivity index (χ1v) is 8.02. The van der Waals surface area contributed by atoms with Crippen LogP contribution in [0.2, 0.25) is 0 Å². The van der Waals surface area contributed by atoms with Gasteiger partial charge in [0.15, 0.2) is 0 Å². The Bertz CT molecular complexity index is 143. The van der Waals surface area contributed by atoms with Crippen molar-refractivity contribution in [2.45, 2.75) is 86.5 Å². The van der Waals surface area contributed by atoms with Crippen LogP contribution in [0.3, 0.4) is 0 Å². The van der Waals surface area contributed by atoms with Crippen LogP contribution in [0.15, 0.2) is 0 Å². The highest BCUT2D eigenvalue weighted by Gasteiger charge is 2.14. The average Bonchev–Trinajstić information content (AvgIpc) is 2.29. The van der Waals surface area contributed by atoms with E-state index in [9.17, 15) is 0 Å². The summed E-state index contributed by atoms with van der Waals surface area (Å²) in [6.45, 7) is 14.4. The summed E-state index contributed by atoms with van der Waals surface area (Å²) in [6, 6.07) is 0. The van der Waals surface area contributed by atoms with Crippen LogP contribution in [0.5, 0.6) is 0 Å². The molecular formula is C17H36. The molecule has 0 bridgehead atoms. The van der Waals surface area contributed by atoms with Crippen LogP contribution in [-0.2, 0) is 0 Å². The van der Waals surface area contributed by atoms with Gasteiger partial charge in [0, 0.05) is 0 Å². The predicted molar refractivity (Wildman–Crippen MR) is 80.3 cm³/mol. The fraction of sp³-hybridized carbons (Fsp3) is 1.00. The lowest BCUT2D eigenvalue weighted by Gasteiger charge is -2.22. The van der Waals surface area contributed by atoms with Gasteiger partial charge < -0.3 is 0 Å². The summed E-state index contributed by atoms with van der Waals surface area (Å²) in [5.74, 6) is 3.68. The van der Waals surface area contributed by atoms with E-state index >= 15 is 0 Å². The van der Waals surface area contributed by atoms with Crippen LogP contribution in [0.4, 0.5) is 0 Å². The van der Waals surface area contributed by atoms with E-state index in [1.807, 2.05) is 0 Å². The molecule has 0 rings (SSSR count). The molecule has 0 heterocycles. The zero-order valence-electron chi connectivity index (χ0n) is 13.3. The van der Waals surface area contributed by atoms with Crippen molar-refractivity contribution < 1.29 is 0 Å². The fourth-order valence-corrected chi connectivity index (χ4v) is 2.81. The van der Waals surface area contributed by atoms with Crippen molar-refractivity contribution in [2.75, 3.05) is 0 Å². The Morgan fingerprint density at radius 3 is 1.12 bits per heavy atom. The van der Waals surface area contributed by atoms with Gasteiger partial charge in [-0.1, -0.05) is 86.5 Å². The molecule has 0 aliphatic heterocycles. The molecule has 0 aliphatic rings. The summed E-state index contributed by atoms with van der Waals surface area (Å²) in [5.41, 5.74) is 0. The van der Waals surface area contributed by atoms with Gasteiger partial charge in [0.05, 0.1) is 0 Å². The van der Waals surface area contributed by atoms with Crippen molar-refractivity contribution in [1.82, 2.24) is 0 Å². The van der Waals surface area contributed by atoms with Gasteiger partial charge in [-0.2, -0.15) is 0 Å². The minimum Gasteiger partial charge on any atom is -0.0654 e. The molecule has 0 fully saturated rings. The normalized spacial score (nSPS) is 18.7. The van der Waals surface area contributed by atoms with E-state index in [1.165, 1.54) is 44.9 Å². The van der Waals surface area contributed by atoms with Crippen molar-refractivity contribution in [1.29, 1.82) is 0 Å². The van der Waals surface area contributed by atoms with Gasteiger partial charge in [0.2, 0.25) is 0 Å². The van der Waals surface area contributed by atoms with Crippen molar-refractivity contribution in [2.24, 2.45) is 23.7 Å². The van der Waals surface area contributed by atoms with Gasteiger partial charge in [-0.3, -0.25) is 0 Å². The van der Waals surface area contributed by atoms with Crippen molar-refractivity contribution >= 4 is 0 Å². The second kappa shape index (κ2) is 9.97. The third-order valence-electron chi connectivity index (χ3n) is 4.75. The monoisotopic (exact) mass is 240 g/mol. The van der Waals surface area contributed by atoms with Crippen LogP contribution in [0.1, 0.15) is 86.5 Å². The van der Waals surface area contributed by atoms with Gasteiger partial charge >= 0.3 is 0 Å². The molecule has 0 aromatic carbocycles. The third kappa shape index (κ3) is 7.84. The first-order chi connectivity index (χ1) is 8.02. The minimum atomic E-state index is 0.920. The van der Waals surface area contributed by atoms with E-state index in [1.54, 1.807) is 0 Å². The topological polar surface area (TPSA) is 0 Å². The smallest absolute Gasteiger partial charge is 0.0417 e. The second-order valence-electron chi connectivity index (χ2n) is 6.42. The molecule has 0 nitrogen and oxygen atoms in total. The molecule has 0 aromatic heterocycles. The number of hydrogen-bond acceptors (Lipinski definition) is 0. The van der Waals surface area contributed by atoms with E-state index in [2.05, 4.69) is 41.5 Å². The molecule has 0 spiro atoms. The van der Waals surface area contributed by atoms with E-state index in [4.69, 9.17) is 0 Å². The quantitative estimate of drug-likeness (QED) is 0.420. The molecular weight excluding hydrogens is 204 g/mol. The lowest BCUT2D eigenvalue weighted by Crippen LogP contribution is -2.11. The maximum Gasteiger partial charge on any atom is -0.0417 e. The Hall–Kier alpha value is 0. The SMILES string of the molecule is CCCC(C)C(C)CCCC(C)C(C)CCC. The highest BCUT2D eigenvalue weighted by atomic mass is 14.2. The highest BCUT2D eigenvalue weighted by Crippen LogP contribution is 2.26. The third-order valence-corrected chi connectivity index (χ3v) is 4.75. The standard InChI is InChI=1S/C17H36/c1-7-10-14(3)16(5)12-9-13-17(6)15(4)11-8-2/h14-17H,7-13H2,1-6H3. The lowest BCUT2D eigenvalue weighted by molar-refractivity contribution is 0.292. The van der Waals surface area contributed by atoms with Gasteiger partial charge in [-0.25, -0.2) is 0 Å². The fourth-order valence-electron chi connectivity index (χ4n) is 2.81. The van der Waals surface area contributed by atoms with E-state index in [0.29, 0.717) is 0 Å². The minimum absolute atomic E-state index is 0.920. The molecule has 0 aliphatic carbocycles. The van der Waals surface area contributed by atoms with Crippen molar-refractivity contribution in [3.8, 4) is 0 Å². The molecule has 0 radical (unpaired) electrons. The molecule has 0 N–H and O–H groups in total. The van der Waals surface area contributed by atoms with Crippen LogP contribution in [-0.4, -0.2) is 0 Å². The molecule has 4 unspecified atom stereocenters. The molecule has 0 saturated heterocycles. The Morgan fingerprint density at radius 1 is 0.529 bits per heavy atom. The van der Waals surface area contributed by atoms with Crippen LogP contribution in [0, 0.1) is 23.7 Å². The van der Waals surface area contributed by atoms with Crippen molar-refractivity contribution in [3.05, 3.63) is 0 Å². The molecule has 0 amide bonds. The largest absolute Gasteiger partial charge is 0.0654 e. The maximum absolute atomic E-state index is 2.44. The summed E-state index contributed by atoms with van der Waals surface area (Å²) in [7, 11) is 0. The zero-order chi connectivity index (χ0) is 13.3. The Labute approximate surface area is 111 Å². The number of rotatable bonds is 10. The molecule has 4 atom stereocenters. The van der Waals surface area contributed by atoms with Crippen molar-refractivity contribution in [3.63, 3.8) is 0 Å². The summed E-state index contributed by atoms with van der Waals surface area (Å²) >= 11 is 0. The van der Waals surface area contributed by atoms with Crippen LogP contribution < -0.4 is 0 Å². The van der Waals surface area contributed by atoms with Gasteiger partial charge in [-0.15, -0.1) is 0 Å². The predicted octanol–water partition coefficient (Wildman–Crippen LogP) is 6.30. The van der Waals surface area contributed by atoms with E-state index in [-0.39, 0.29) is 0 Å². The summed E-state index contributed by atoms with van der Waals surface area (Å²) < 4.78 is 0. The van der Waals surface area contributed by atoms with Gasteiger partial charge in [-0.05, 0) is 23.7 Å². The number of hydrogen-bond donors (Lipinski definition) is 0. The van der Waals surface area contributed by atoms with Gasteiger partial charge in [0.25, 0.3) is 0 Å². The molecule has 0 heteroatoms. The molecule has 17 heavy (non-hydrogen) atoms. The van der Waals surface area contributed by atoms with Crippen LogP contribution >= 0.6 is 0 Å². The van der Waals surface area contributed by atoms with Crippen LogP contribution in [0.25, 0.3) is 0 Å². The molecule has 0 aromatic rings. The average molecular weight is 240 g/mol. The van der Waals surface area contributed by atoms with E-state index in [0.717, 1.165) is 23.7 Å². The summed E-state index contributed by atoms with van der Waals surface area (Å²) in [6.07, 6.45) is 9.80. The molecule has 104 valence electrons. The Balaban J connectivity index is 3.68. The second-order valence-corrected chi connectivity index (χ2v) is 6.42. The lowest BCUT2D eigenvalue weighted by atomic mass is 9.84. The first-order valence-electron chi connectivity index (χ1n) is 8.02. The molecule has 0 saturated carbocycles.